The summed E-state index contributed by atoms with van der Waals surface area (Å²) in [6.45, 7) is 3.23. The van der Waals surface area contributed by atoms with Crippen LogP contribution in [-0.2, 0) is 11.8 Å². The molecule has 0 aromatic carbocycles. The molecule has 5 heteroatoms. The van der Waals surface area contributed by atoms with Gasteiger partial charge in [0.25, 0.3) is 0 Å². The Bertz CT molecular complexity index is 272. The lowest BCUT2D eigenvalue weighted by Crippen LogP contribution is -2.20. The summed E-state index contributed by atoms with van der Waals surface area (Å²) < 4.78 is 7.39. The summed E-state index contributed by atoms with van der Waals surface area (Å²) in [4.78, 5) is 6.25. The summed E-state index contributed by atoms with van der Waals surface area (Å²) in [7, 11) is 6.03. The van der Waals surface area contributed by atoms with E-state index in [4.69, 9.17) is 4.74 Å². The summed E-state index contributed by atoms with van der Waals surface area (Å²) in [6, 6.07) is 0. The molecule has 0 amide bonds. The number of hydrogen-bond donors (Lipinski definition) is 1. The molecule has 0 fully saturated rings. The molecular weight excluding hydrogens is 192 g/mol. The zero-order chi connectivity index (χ0) is 11.1. The monoisotopic (exact) mass is 212 g/mol. The van der Waals surface area contributed by atoms with Crippen molar-refractivity contribution in [2.24, 2.45) is 7.05 Å². The molecule has 1 aromatic rings. The number of hydrogen-bond acceptors (Lipinski definition) is 4. The molecule has 0 saturated heterocycles. The Morgan fingerprint density at radius 3 is 2.87 bits per heavy atom. The second kappa shape index (κ2) is 6.42. The van der Waals surface area contributed by atoms with E-state index in [9.17, 15) is 0 Å². The molecule has 1 rings (SSSR count). The first kappa shape index (κ1) is 12.0. The minimum Gasteiger partial charge on any atom is -0.378 e. The molecule has 0 saturated carbocycles. The van der Waals surface area contributed by atoms with Crippen LogP contribution in [0.2, 0.25) is 0 Å². The van der Waals surface area contributed by atoms with Crippen molar-refractivity contribution in [1.82, 2.24) is 14.5 Å². The largest absolute Gasteiger partial charge is 0.378 e. The maximum Gasteiger partial charge on any atom is 0.202 e. The smallest absolute Gasteiger partial charge is 0.202 e. The number of aromatic nitrogens is 2. The van der Waals surface area contributed by atoms with Crippen molar-refractivity contribution in [3.8, 4) is 0 Å². The number of likely N-dealkylation sites (N-methyl/N-ethyl adjacent to an activating group) is 1. The number of nitrogens with zero attached hydrogens (tertiary/aromatic N) is 3. The first-order valence-corrected chi connectivity index (χ1v) is 5.14. The third-order valence-electron chi connectivity index (χ3n) is 2.03. The Labute approximate surface area is 91.0 Å². The number of aryl methyl sites for hydroxylation is 1. The van der Waals surface area contributed by atoms with E-state index >= 15 is 0 Å². The normalized spacial score (nSPS) is 10.9. The van der Waals surface area contributed by atoms with Gasteiger partial charge in [0.05, 0.1) is 13.2 Å². The Hall–Kier alpha value is -1.07. The van der Waals surface area contributed by atoms with Gasteiger partial charge < -0.3 is 19.5 Å². The minimum atomic E-state index is 0.709. The molecule has 1 N–H and O–H groups in total. The Morgan fingerprint density at radius 1 is 1.47 bits per heavy atom. The second-order valence-corrected chi connectivity index (χ2v) is 3.70. The van der Waals surface area contributed by atoms with Crippen LogP contribution in [0, 0.1) is 0 Å². The van der Waals surface area contributed by atoms with Crippen LogP contribution < -0.4 is 5.32 Å². The minimum absolute atomic E-state index is 0.709. The zero-order valence-corrected chi connectivity index (χ0v) is 9.73. The van der Waals surface area contributed by atoms with Gasteiger partial charge in [-0.2, -0.15) is 0 Å². The number of imidazole rings is 1. The lowest BCUT2D eigenvalue weighted by molar-refractivity contribution is 0.126. The number of anilines is 1. The highest BCUT2D eigenvalue weighted by atomic mass is 16.5. The zero-order valence-electron chi connectivity index (χ0n) is 9.73. The first-order chi connectivity index (χ1) is 7.20. The van der Waals surface area contributed by atoms with Gasteiger partial charge in [-0.15, -0.1) is 0 Å². The quantitative estimate of drug-likeness (QED) is 0.665. The molecule has 0 radical (unpaired) electrons. The van der Waals surface area contributed by atoms with Crippen LogP contribution in [-0.4, -0.2) is 54.8 Å². The lowest BCUT2D eigenvalue weighted by Gasteiger charge is -2.10. The average molecular weight is 212 g/mol. The summed E-state index contributed by atoms with van der Waals surface area (Å²) in [6.07, 6.45) is 3.68. The topological polar surface area (TPSA) is 42.3 Å². The van der Waals surface area contributed by atoms with E-state index in [-0.39, 0.29) is 0 Å². The van der Waals surface area contributed by atoms with Gasteiger partial charge in [0.15, 0.2) is 0 Å². The lowest BCUT2D eigenvalue weighted by atomic mass is 10.6. The first-order valence-electron chi connectivity index (χ1n) is 5.14. The van der Waals surface area contributed by atoms with Crippen LogP contribution in [0.3, 0.4) is 0 Å². The summed E-state index contributed by atoms with van der Waals surface area (Å²) in [5, 5.41) is 3.19. The predicted molar refractivity (Wildman–Crippen MR) is 61.1 cm³/mol. The van der Waals surface area contributed by atoms with Crippen molar-refractivity contribution >= 4 is 5.95 Å². The van der Waals surface area contributed by atoms with E-state index in [2.05, 4.69) is 15.2 Å². The Balaban J connectivity index is 2.00. The van der Waals surface area contributed by atoms with Gasteiger partial charge in [-0.1, -0.05) is 0 Å². The number of rotatable bonds is 7. The van der Waals surface area contributed by atoms with E-state index in [0.29, 0.717) is 6.61 Å². The highest BCUT2D eigenvalue weighted by Gasteiger charge is 1.96. The molecule has 0 aliphatic carbocycles. The molecule has 0 aliphatic rings. The maximum atomic E-state index is 5.44. The van der Waals surface area contributed by atoms with Crippen LogP contribution in [0.5, 0.6) is 0 Å². The molecule has 1 heterocycles. The molecule has 86 valence electrons. The highest BCUT2D eigenvalue weighted by Crippen LogP contribution is 1.99. The van der Waals surface area contributed by atoms with Crippen LogP contribution in [0.4, 0.5) is 5.95 Å². The van der Waals surface area contributed by atoms with Crippen molar-refractivity contribution < 1.29 is 4.74 Å². The molecule has 0 atom stereocenters. The third kappa shape index (κ3) is 4.80. The fourth-order valence-corrected chi connectivity index (χ4v) is 1.12. The van der Waals surface area contributed by atoms with Gasteiger partial charge in [0.1, 0.15) is 0 Å². The molecule has 1 aromatic heterocycles. The van der Waals surface area contributed by atoms with E-state index in [1.165, 1.54) is 0 Å². The van der Waals surface area contributed by atoms with E-state index in [1.54, 1.807) is 6.20 Å². The van der Waals surface area contributed by atoms with Gasteiger partial charge in [0.2, 0.25) is 5.95 Å². The van der Waals surface area contributed by atoms with Crippen molar-refractivity contribution in [3.05, 3.63) is 12.4 Å². The Kier molecular flexibility index (Phi) is 5.14. The van der Waals surface area contributed by atoms with E-state index in [0.717, 1.165) is 25.6 Å². The molecule has 0 unspecified atom stereocenters. The van der Waals surface area contributed by atoms with Gasteiger partial charge in [0, 0.05) is 32.5 Å². The van der Waals surface area contributed by atoms with Crippen LogP contribution >= 0.6 is 0 Å². The van der Waals surface area contributed by atoms with Gasteiger partial charge in [-0.25, -0.2) is 4.98 Å². The van der Waals surface area contributed by atoms with E-state index < -0.39 is 0 Å². The third-order valence-corrected chi connectivity index (χ3v) is 2.03. The molecule has 5 nitrogen and oxygen atoms in total. The summed E-state index contributed by atoms with van der Waals surface area (Å²) in [5.74, 6) is 0.881. The average Bonchev–Trinajstić information content (AvgIpc) is 2.57. The van der Waals surface area contributed by atoms with Crippen LogP contribution in [0.25, 0.3) is 0 Å². The number of ether oxygens (including phenoxy) is 1. The van der Waals surface area contributed by atoms with E-state index in [1.807, 2.05) is 31.9 Å². The Morgan fingerprint density at radius 2 is 2.27 bits per heavy atom. The summed E-state index contributed by atoms with van der Waals surface area (Å²) in [5.41, 5.74) is 0. The molecule has 0 bridgehead atoms. The van der Waals surface area contributed by atoms with Crippen LogP contribution in [0.15, 0.2) is 12.4 Å². The van der Waals surface area contributed by atoms with Gasteiger partial charge in [-0.3, -0.25) is 0 Å². The standard InChI is InChI=1S/C10H20N4O/c1-13(2)7-9-15-8-5-12-10-11-4-6-14(10)3/h4,6H,5,7-9H2,1-3H3,(H,11,12). The fourth-order valence-electron chi connectivity index (χ4n) is 1.12. The molecular formula is C10H20N4O. The SMILES string of the molecule is CN(C)CCOCCNc1nccn1C. The predicted octanol–water partition coefficient (Wildman–Crippen LogP) is 0.410. The number of nitrogens with one attached hydrogen (secondary N) is 1. The van der Waals surface area contributed by atoms with Crippen molar-refractivity contribution in [1.29, 1.82) is 0 Å². The van der Waals surface area contributed by atoms with Crippen molar-refractivity contribution in [3.63, 3.8) is 0 Å². The van der Waals surface area contributed by atoms with Crippen LogP contribution in [0.1, 0.15) is 0 Å². The summed E-state index contributed by atoms with van der Waals surface area (Å²) >= 11 is 0. The molecule has 15 heavy (non-hydrogen) atoms. The second-order valence-electron chi connectivity index (χ2n) is 3.70. The molecule has 0 spiro atoms. The van der Waals surface area contributed by atoms with Crippen molar-refractivity contribution in [2.45, 2.75) is 0 Å². The van der Waals surface area contributed by atoms with Gasteiger partial charge in [-0.05, 0) is 14.1 Å². The van der Waals surface area contributed by atoms with Crippen molar-refractivity contribution in [2.75, 3.05) is 45.7 Å². The maximum absolute atomic E-state index is 5.44. The van der Waals surface area contributed by atoms with Gasteiger partial charge >= 0.3 is 0 Å². The highest BCUT2D eigenvalue weighted by molar-refractivity contribution is 5.24. The fraction of sp³-hybridized carbons (Fsp3) is 0.700. The molecule has 0 aliphatic heterocycles.